The Hall–Kier alpha value is -4.21. The molecule has 0 radical (unpaired) electrons. The van der Waals surface area contributed by atoms with Crippen molar-refractivity contribution in [2.45, 2.75) is 20.4 Å². The lowest BCUT2D eigenvalue weighted by atomic mass is 10.1. The fraction of sp³-hybridized carbons (Fsp3) is 0.227. The lowest BCUT2D eigenvalue weighted by molar-refractivity contribution is -0.116. The Labute approximate surface area is 182 Å². The monoisotopic (exact) mass is 434 g/mol. The Morgan fingerprint density at radius 1 is 1.06 bits per heavy atom. The molecule has 1 N–H and O–H groups in total. The highest BCUT2D eigenvalue weighted by molar-refractivity contribution is 5.90. The minimum absolute atomic E-state index is 0.245. The molecule has 3 aromatic heterocycles. The zero-order valence-electron chi connectivity index (χ0n) is 18.1. The van der Waals surface area contributed by atoms with E-state index in [4.69, 9.17) is 4.74 Å². The van der Waals surface area contributed by atoms with Crippen molar-refractivity contribution in [3.8, 4) is 11.6 Å². The molecule has 0 saturated heterocycles. The summed E-state index contributed by atoms with van der Waals surface area (Å²) in [5, 5.41) is 2.64. The highest BCUT2D eigenvalue weighted by Gasteiger charge is 2.17. The quantitative estimate of drug-likeness (QED) is 0.513. The van der Waals surface area contributed by atoms with Crippen molar-refractivity contribution in [2.24, 2.45) is 14.1 Å². The van der Waals surface area contributed by atoms with E-state index >= 15 is 0 Å². The minimum Gasteiger partial charge on any atom is -0.439 e. The Kier molecular flexibility index (Phi) is 5.35. The number of aryl methyl sites for hydroxylation is 4. The number of hydrogen-bond donors (Lipinski definition) is 1. The van der Waals surface area contributed by atoms with E-state index < -0.39 is 23.7 Å². The first kappa shape index (κ1) is 21.0. The number of imidazole rings is 1. The van der Waals surface area contributed by atoms with Crippen LogP contribution in [0, 0.1) is 13.8 Å². The molecular formula is C22H22N6O4. The summed E-state index contributed by atoms with van der Waals surface area (Å²) in [5.41, 5.74) is 2.00. The Morgan fingerprint density at radius 3 is 2.53 bits per heavy atom. The lowest BCUT2D eigenvalue weighted by Gasteiger charge is -2.10. The summed E-state index contributed by atoms with van der Waals surface area (Å²) in [7, 11) is 3.16. The Bertz CT molecular complexity index is 1450. The largest absolute Gasteiger partial charge is 0.439 e. The first-order valence-corrected chi connectivity index (χ1v) is 9.86. The molecule has 32 heavy (non-hydrogen) atoms. The maximum Gasteiger partial charge on any atom is 0.332 e. The summed E-state index contributed by atoms with van der Waals surface area (Å²) in [4.78, 5) is 46.0. The standard InChI is InChI=1S/C22H22N6O4/c1-13-5-7-16(9-14(13)2)32-18-8-6-15(10-23-18)25-17(29)11-28-21(30)19-20(24-12-26(19)3)27(4)22(28)31/h5-10,12H,11H2,1-4H3,(H,25,29). The van der Waals surface area contributed by atoms with Gasteiger partial charge in [-0.2, -0.15) is 0 Å². The van der Waals surface area contributed by atoms with Crippen LogP contribution in [-0.4, -0.2) is 29.6 Å². The number of rotatable bonds is 5. The third-order valence-corrected chi connectivity index (χ3v) is 5.22. The number of hydrogen-bond acceptors (Lipinski definition) is 6. The fourth-order valence-electron chi connectivity index (χ4n) is 3.29. The second-order valence-corrected chi connectivity index (χ2v) is 7.54. The molecule has 0 aliphatic carbocycles. The van der Waals surface area contributed by atoms with Crippen molar-refractivity contribution >= 4 is 22.8 Å². The molecule has 0 bridgehead atoms. The molecule has 10 nitrogen and oxygen atoms in total. The molecule has 4 rings (SSSR count). The molecule has 0 saturated carbocycles. The van der Waals surface area contributed by atoms with Crippen LogP contribution >= 0.6 is 0 Å². The van der Waals surface area contributed by atoms with Crippen LogP contribution in [0.15, 0.2) is 52.4 Å². The number of amides is 1. The van der Waals surface area contributed by atoms with Gasteiger partial charge < -0.3 is 14.6 Å². The van der Waals surface area contributed by atoms with Crippen molar-refractivity contribution in [1.29, 1.82) is 0 Å². The van der Waals surface area contributed by atoms with Crippen molar-refractivity contribution in [1.82, 2.24) is 23.7 Å². The number of anilines is 1. The van der Waals surface area contributed by atoms with E-state index in [1.54, 1.807) is 19.2 Å². The molecule has 0 atom stereocenters. The normalized spacial score (nSPS) is 11.0. The number of fused-ring (bicyclic) bond motifs is 1. The van der Waals surface area contributed by atoms with Gasteiger partial charge in [-0.05, 0) is 43.2 Å². The molecule has 0 aliphatic rings. The van der Waals surface area contributed by atoms with Gasteiger partial charge in [0.2, 0.25) is 11.8 Å². The molecule has 0 unspecified atom stereocenters. The van der Waals surface area contributed by atoms with Crippen LogP contribution in [0.4, 0.5) is 5.69 Å². The van der Waals surface area contributed by atoms with Crippen molar-refractivity contribution < 1.29 is 9.53 Å². The van der Waals surface area contributed by atoms with E-state index in [2.05, 4.69) is 15.3 Å². The van der Waals surface area contributed by atoms with E-state index in [-0.39, 0.29) is 11.2 Å². The second-order valence-electron chi connectivity index (χ2n) is 7.54. The molecule has 164 valence electrons. The summed E-state index contributed by atoms with van der Waals surface area (Å²) < 4.78 is 9.37. The van der Waals surface area contributed by atoms with Crippen LogP contribution < -0.4 is 21.3 Å². The molecule has 1 aromatic carbocycles. The minimum atomic E-state index is -0.619. The SMILES string of the molecule is Cc1ccc(Oc2ccc(NC(=O)Cn3c(=O)c4c(ncn4C)n(C)c3=O)cn2)cc1C. The molecule has 1 amide bonds. The van der Waals surface area contributed by atoms with E-state index in [1.807, 2.05) is 32.0 Å². The zero-order valence-corrected chi connectivity index (χ0v) is 18.1. The average Bonchev–Trinajstić information content (AvgIpc) is 3.15. The van der Waals surface area contributed by atoms with Crippen LogP contribution in [0.3, 0.4) is 0 Å². The smallest absolute Gasteiger partial charge is 0.332 e. The molecule has 0 spiro atoms. The Morgan fingerprint density at radius 2 is 1.84 bits per heavy atom. The van der Waals surface area contributed by atoms with Gasteiger partial charge in [0, 0.05) is 20.2 Å². The molecule has 4 aromatic rings. The number of pyridine rings is 1. The van der Waals surface area contributed by atoms with Gasteiger partial charge in [0.25, 0.3) is 5.56 Å². The van der Waals surface area contributed by atoms with E-state index in [9.17, 15) is 14.4 Å². The maximum absolute atomic E-state index is 12.7. The van der Waals surface area contributed by atoms with Crippen LogP contribution in [0.2, 0.25) is 0 Å². The average molecular weight is 434 g/mol. The number of nitrogens with one attached hydrogen (secondary N) is 1. The molecular weight excluding hydrogens is 412 g/mol. The van der Waals surface area contributed by atoms with E-state index in [0.29, 0.717) is 17.3 Å². The number of carbonyl (C=O) groups excluding carboxylic acids is 1. The summed E-state index contributed by atoms with van der Waals surface area (Å²) in [6.07, 6.45) is 2.89. The predicted molar refractivity (Wildman–Crippen MR) is 119 cm³/mol. The van der Waals surface area contributed by atoms with Crippen LogP contribution in [-0.2, 0) is 25.4 Å². The number of ether oxygens (including phenoxy) is 1. The molecule has 10 heteroatoms. The highest BCUT2D eigenvalue weighted by atomic mass is 16.5. The van der Waals surface area contributed by atoms with Crippen molar-refractivity contribution in [3.63, 3.8) is 0 Å². The van der Waals surface area contributed by atoms with Crippen molar-refractivity contribution in [2.75, 3.05) is 5.32 Å². The number of nitrogens with zero attached hydrogens (tertiary/aromatic N) is 5. The fourth-order valence-corrected chi connectivity index (χ4v) is 3.29. The van der Waals surface area contributed by atoms with Gasteiger partial charge in [-0.1, -0.05) is 6.07 Å². The van der Waals surface area contributed by atoms with Gasteiger partial charge in [-0.25, -0.2) is 19.3 Å². The van der Waals surface area contributed by atoms with Gasteiger partial charge in [0.15, 0.2) is 11.2 Å². The van der Waals surface area contributed by atoms with Gasteiger partial charge in [-0.3, -0.25) is 14.2 Å². The molecule has 0 fully saturated rings. The summed E-state index contributed by atoms with van der Waals surface area (Å²) in [6, 6.07) is 9.00. The number of carbonyl (C=O) groups is 1. The van der Waals surface area contributed by atoms with Gasteiger partial charge >= 0.3 is 5.69 Å². The molecule has 3 heterocycles. The highest BCUT2D eigenvalue weighted by Crippen LogP contribution is 2.23. The third kappa shape index (κ3) is 3.89. The van der Waals surface area contributed by atoms with E-state index in [1.165, 1.54) is 34.3 Å². The van der Waals surface area contributed by atoms with Crippen LogP contribution in [0.5, 0.6) is 11.6 Å². The van der Waals surface area contributed by atoms with Gasteiger partial charge in [0.05, 0.1) is 18.2 Å². The van der Waals surface area contributed by atoms with Gasteiger partial charge in [-0.15, -0.1) is 0 Å². The predicted octanol–water partition coefficient (Wildman–Crippen LogP) is 1.88. The zero-order chi connectivity index (χ0) is 23.0. The van der Waals surface area contributed by atoms with Crippen LogP contribution in [0.25, 0.3) is 11.2 Å². The topological polar surface area (TPSA) is 113 Å². The summed E-state index contributed by atoms with van der Waals surface area (Å²) >= 11 is 0. The number of aromatic nitrogens is 5. The van der Waals surface area contributed by atoms with Crippen LogP contribution in [0.1, 0.15) is 11.1 Å². The first-order chi connectivity index (χ1) is 15.2. The second kappa shape index (κ2) is 8.14. The van der Waals surface area contributed by atoms with Crippen molar-refractivity contribution in [3.05, 3.63) is 74.8 Å². The van der Waals surface area contributed by atoms with E-state index in [0.717, 1.165) is 10.1 Å². The Balaban J connectivity index is 1.49. The maximum atomic E-state index is 12.7. The number of benzene rings is 1. The lowest BCUT2D eigenvalue weighted by Crippen LogP contribution is -2.42. The molecule has 0 aliphatic heterocycles. The third-order valence-electron chi connectivity index (χ3n) is 5.22. The van der Waals surface area contributed by atoms with Gasteiger partial charge in [0.1, 0.15) is 12.3 Å². The summed E-state index contributed by atoms with van der Waals surface area (Å²) in [6.45, 7) is 3.58. The first-order valence-electron chi connectivity index (χ1n) is 9.86. The summed E-state index contributed by atoms with van der Waals surface area (Å²) in [5.74, 6) is 0.506.